The molecule has 0 saturated heterocycles. The van der Waals surface area contributed by atoms with E-state index in [0.717, 1.165) is 6.42 Å². The largest absolute Gasteiger partial charge is 0.0626 e. The fraction of sp³-hybridized carbons (Fsp3) is 0.222. The van der Waals surface area contributed by atoms with Crippen LogP contribution in [0.4, 0.5) is 0 Å². The van der Waals surface area contributed by atoms with E-state index in [2.05, 4.69) is 68.5 Å². The Bertz CT molecular complexity index is 589. The van der Waals surface area contributed by atoms with Gasteiger partial charge >= 0.3 is 0 Å². The van der Waals surface area contributed by atoms with Gasteiger partial charge in [-0.05, 0) is 34.6 Å². The standard InChI is InChI=1S/C18H18/c1-13(2)16-11-15-9-6-10-17(18(15)12-16)14-7-4-3-5-8-14/h3-11,13H,12H2,1-2H3. The summed E-state index contributed by atoms with van der Waals surface area (Å²) in [5, 5.41) is 0. The van der Waals surface area contributed by atoms with Gasteiger partial charge in [-0.1, -0.05) is 74.0 Å². The normalized spacial score (nSPS) is 13.6. The SMILES string of the molecule is CC(C)C1=Cc2cccc(-c3ccccc3)c2C1. The zero-order chi connectivity index (χ0) is 12.5. The van der Waals surface area contributed by atoms with Gasteiger partial charge in [0, 0.05) is 0 Å². The highest BCUT2D eigenvalue weighted by Crippen LogP contribution is 2.35. The van der Waals surface area contributed by atoms with Crippen LogP contribution in [0.3, 0.4) is 0 Å². The first-order chi connectivity index (χ1) is 8.75. The smallest absolute Gasteiger partial charge is 0.00491 e. The maximum absolute atomic E-state index is 2.37. The third-order valence-corrected chi connectivity index (χ3v) is 3.76. The van der Waals surface area contributed by atoms with Crippen LogP contribution in [0.1, 0.15) is 25.0 Å². The topological polar surface area (TPSA) is 0 Å². The molecule has 0 aromatic heterocycles. The monoisotopic (exact) mass is 234 g/mol. The van der Waals surface area contributed by atoms with Gasteiger partial charge < -0.3 is 0 Å². The lowest BCUT2D eigenvalue weighted by atomic mass is 9.94. The van der Waals surface area contributed by atoms with E-state index in [4.69, 9.17) is 0 Å². The van der Waals surface area contributed by atoms with E-state index in [0.29, 0.717) is 5.92 Å². The number of allylic oxidation sites excluding steroid dienone is 1. The number of hydrogen-bond acceptors (Lipinski definition) is 0. The summed E-state index contributed by atoms with van der Waals surface area (Å²) >= 11 is 0. The zero-order valence-electron chi connectivity index (χ0n) is 11.0. The molecule has 2 aromatic rings. The summed E-state index contributed by atoms with van der Waals surface area (Å²) in [6.45, 7) is 4.56. The minimum absolute atomic E-state index is 0.640. The molecule has 0 N–H and O–H groups in total. The van der Waals surface area contributed by atoms with Gasteiger partial charge in [-0.3, -0.25) is 0 Å². The summed E-state index contributed by atoms with van der Waals surface area (Å²) in [6, 6.07) is 17.3. The lowest BCUT2D eigenvalue weighted by Gasteiger charge is -2.10. The van der Waals surface area contributed by atoms with E-state index in [1.54, 1.807) is 5.57 Å². The zero-order valence-corrected chi connectivity index (χ0v) is 11.0. The molecular formula is C18H18. The van der Waals surface area contributed by atoms with Crippen LogP contribution in [0.25, 0.3) is 17.2 Å². The molecule has 3 rings (SSSR count). The van der Waals surface area contributed by atoms with E-state index in [9.17, 15) is 0 Å². The van der Waals surface area contributed by atoms with Crippen molar-refractivity contribution in [3.63, 3.8) is 0 Å². The molecule has 0 fully saturated rings. The summed E-state index contributed by atoms with van der Waals surface area (Å²) in [5.74, 6) is 0.640. The molecule has 2 aromatic carbocycles. The maximum atomic E-state index is 2.37. The fourth-order valence-electron chi connectivity index (χ4n) is 2.65. The molecule has 18 heavy (non-hydrogen) atoms. The van der Waals surface area contributed by atoms with Gasteiger partial charge in [0.2, 0.25) is 0 Å². The highest BCUT2D eigenvalue weighted by molar-refractivity contribution is 5.77. The van der Waals surface area contributed by atoms with Crippen LogP contribution < -0.4 is 0 Å². The van der Waals surface area contributed by atoms with Crippen molar-refractivity contribution < 1.29 is 0 Å². The average Bonchev–Trinajstić information content (AvgIpc) is 2.83. The van der Waals surface area contributed by atoms with E-state index < -0.39 is 0 Å². The second-order valence-corrected chi connectivity index (χ2v) is 5.29. The van der Waals surface area contributed by atoms with Crippen LogP contribution in [0.2, 0.25) is 0 Å². The molecule has 0 heterocycles. The number of hydrogen-bond donors (Lipinski definition) is 0. The summed E-state index contributed by atoms with van der Waals surface area (Å²) in [6.07, 6.45) is 3.48. The molecular weight excluding hydrogens is 216 g/mol. The predicted molar refractivity (Wildman–Crippen MR) is 78.4 cm³/mol. The highest BCUT2D eigenvalue weighted by atomic mass is 14.2. The van der Waals surface area contributed by atoms with E-state index in [-0.39, 0.29) is 0 Å². The van der Waals surface area contributed by atoms with Crippen molar-refractivity contribution in [2.45, 2.75) is 20.3 Å². The van der Waals surface area contributed by atoms with Crippen molar-refractivity contribution in [3.8, 4) is 11.1 Å². The van der Waals surface area contributed by atoms with Crippen LogP contribution in [-0.4, -0.2) is 0 Å². The maximum Gasteiger partial charge on any atom is -0.00491 e. The minimum Gasteiger partial charge on any atom is -0.0626 e. The van der Waals surface area contributed by atoms with Crippen molar-refractivity contribution in [2.75, 3.05) is 0 Å². The Labute approximate surface area is 109 Å². The van der Waals surface area contributed by atoms with Crippen LogP contribution in [0.5, 0.6) is 0 Å². The molecule has 0 atom stereocenters. The van der Waals surface area contributed by atoms with E-state index in [1.807, 2.05) is 0 Å². The van der Waals surface area contributed by atoms with Gasteiger partial charge in [0.15, 0.2) is 0 Å². The van der Waals surface area contributed by atoms with Crippen LogP contribution in [0, 0.1) is 5.92 Å². The fourth-order valence-corrected chi connectivity index (χ4v) is 2.65. The van der Waals surface area contributed by atoms with Crippen molar-refractivity contribution in [1.82, 2.24) is 0 Å². The minimum atomic E-state index is 0.640. The number of benzene rings is 2. The van der Waals surface area contributed by atoms with E-state index >= 15 is 0 Å². The number of rotatable bonds is 2. The Morgan fingerprint density at radius 2 is 1.67 bits per heavy atom. The molecule has 1 aliphatic carbocycles. The molecule has 1 aliphatic rings. The highest BCUT2D eigenvalue weighted by Gasteiger charge is 2.18. The van der Waals surface area contributed by atoms with Crippen molar-refractivity contribution in [2.24, 2.45) is 5.92 Å². The Morgan fingerprint density at radius 3 is 2.39 bits per heavy atom. The summed E-state index contributed by atoms with van der Waals surface area (Å²) < 4.78 is 0. The lowest BCUT2D eigenvalue weighted by molar-refractivity contribution is 0.755. The van der Waals surface area contributed by atoms with Crippen molar-refractivity contribution in [1.29, 1.82) is 0 Å². The Balaban J connectivity index is 2.07. The van der Waals surface area contributed by atoms with Gasteiger partial charge in [0.05, 0.1) is 0 Å². The second-order valence-electron chi connectivity index (χ2n) is 5.29. The van der Waals surface area contributed by atoms with Gasteiger partial charge in [-0.15, -0.1) is 0 Å². The average molecular weight is 234 g/mol. The Morgan fingerprint density at radius 1 is 0.889 bits per heavy atom. The molecule has 0 aliphatic heterocycles. The van der Waals surface area contributed by atoms with Crippen molar-refractivity contribution >= 4 is 6.08 Å². The first-order valence-corrected chi connectivity index (χ1v) is 6.63. The first-order valence-electron chi connectivity index (χ1n) is 6.63. The molecule has 0 heteroatoms. The third-order valence-electron chi connectivity index (χ3n) is 3.76. The van der Waals surface area contributed by atoms with E-state index in [1.165, 1.54) is 22.3 Å². The van der Waals surface area contributed by atoms with Gasteiger partial charge in [0.25, 0.3) is 0 Å². The molecule has 0 nitrogen and oxygen atoms in total. The summed E-state index contributed by atoms with van der Waals surface area (Å²) in [4.78, 5) is 0. The van der Waals surface area contributed by atoms with Gasteiger partial charge in [0.1, 0.15) is 0 Å². The predicted octanol–water partition coefficient (Wildman–Crippen LogP) is 4.95. The number of fused-ring (bicyclic) bond motifs is 1. The Kier molecular flexibility index (Phi) is 2.79. The van der Waals surface area contributed by atoms with Crippen LogP contribution >= 0.6 is 0 Å². The summed E-state index contributed by atoms with van der Waals surface area (Å²) in [5.41, 5.74) is 7.16. The lowest BCUT2D eigenvalue weighted by Crippen LogP contribution is -1.95. The Hall–Kier alpha value is -1.82. The molecule has 0 bridgehead atoms. The third kappa shape index (κ3) is 1.88. The molecule has 0 spiro atoms. The first kappa shape index (κ1) is 11.3. The quantitative estimate of drug-likeness (QED) is 0.689. The van der Waals surface area contributed by atoms with Gasteiger partial charge in [-0.25, -0.2) is 0 Å². The molecule has 0 amide bonds. The molecule has 0 unspecified atom stereocenters. The summed E-state index contributed by atoms with van der Waals surface area (Å²) in [7, 11) is 0. The molecule has 90 valence electrons. The molecule has 0 radical (unpaired) electrons. The van der Waals surface area contributed by atoms with Gasteiger partial charge in [-0.2, -0.15) is 0 Å². The van der Waals surface area contributed by atoms with Crippen molar-refractivity contribution in [3.05, 3.63) is 65.2 Å². The van der Waals surface area contributed by atoms with Crippen LogP contribution in [0.15, 0.2) is 54.1 Å². The van der Waals surface area contributed by atoms with Crippen LogP contribution in [-0.2, 0) is 6.42 Å². The molecule has 0 saturated carbocycles. The second kappa shape index (κ2) is 4.45.